The van der Waals surface area contributed by atoms with Gasteiger partial charge < -0.3 is 36.7 Å². The summed E-state index contributed by atoms with van der Waals surface area (Å²) in [7, 11) is 4.91. The van der Waals surface area contributed by atoms with Crippen LogP contribution >= 0.6 is 0 Å². The first-order valence-electron chi connectivity index (χ1n) is 11.2. The Balaban J connectivity index is 0.00000216. The summed E-state index contributed by atoms with van der Waals surface area (Å²) in [6.45, 7) is 8.23. The highest BCUT2D eigenvalue weighted by Gasteiger charge is 2.19. The van der Waals surface area contributed by atoms with Crippen molar-refractivity contribution in [1.29, 1.82) is 0 Å². The molecule has 0 aliphatic carbocycles. The maximum atomic E-state index is 5.54. The van der Waals surface area contributed by atoms with Gasteiger partial charge in [0, 0.05) is 5.56 Å². The van der Waals surface area contributed by atoms with Gasteiger partial charge in [-0.3, -0.25) is 0 Å². The fourth-order valence-electron chi connectivity index (χ4n) is 4.22. The van der Waals surface area contributed by atoms with E-state index >= 15 is 0 Å². The van der Waals surface area contributed by atoms with Crippen molar-refractivity contribution in [2.75, 3.05) is 21.3 Å². The summed E-state index contributed by atoms with van der Waals surface area (Å²) < 4.78 is 21.1. The molecule has 0 aliphatic heterocycles. The van der Waals surface area contributed by atoms with Crippen LogP contribution in [0.5, 0.6) is 17.2 Å². The topological polar surface area (TPSA) is 68.0 Å². The zero-order valence-electron chi connectivity index (χ0n) is 21.3. The molecule has 6 nitrogen and oxygen atoms in total. The maximum absolute atomic E-state index is 5.54. The van der Waals surface area contributed by atoms with Crippen LogP contribution in [0.1, 0.15) is 37.5 Å². The first-order chi connectivity index (χ1) is 15.8. The highest BCUT2D eigenvalue weighted by atomic mass is 79.9. The summed E-state index contributed by atoms with van der Waals surface area (Å²) >= 11 is 0. The van der Waals surface area contributed by atoms with E-state index in [0.29, 0.717) is 23.8 Å². The number of methoxy groups -OCH3 is 3. The van der Waals surface area contributed by atoms with Crippen LogP contribution in [-0.2, 0) is 18.5 Å². The molecule has 35 heavy (non-hydrogen) atoms. The van der Waals surface area contributed by atoms with Gasteiger partial charge in [-0.2, -0.15) is 0 Å². The predicted octanol–water partition coefficient (Wildman–Crippen LogP) is 1.53. The number of imidazole rings is 1. The van der Waals surface area contributed by atoms with Crippen molar-refractivity contribution in [2.24, 2.45) is 0 Å². The zero-order valence-corrected chi connectivity index (χ0v) is 22.8. The summed E-state index contributed by atoms with van der Waals surface area (Å²) in [6, 6.07) is 21.5. The number of rotatable bonds is 7. The lowest BCUT2D eigenvalue weighted by Gasteiger charge is -2.18. The van der Waals surface area contributed by atoms with Crippen molar-refractivity contribution in [1.82, 2.24) is 4.57 Å². The van der Waals surface area contributed by atoms with Gasteiger partial charge in [0.15, 0.2) is 22.5 Å². The molecule has 2 N–H and O–H groups in total. The van der Waals surface area contributed by atoms with Crippen molar-refractivity contribution in [2.45, 2.75) is 39.3 Å². The van der Waals surface area contributed by atoms with Crippen molar-refractivity contribution in [3.05, 3.63) is 83.7 Å². The third-order valence-electron chi connectivity index (χ3n) is 6.03. The summed E-state index contributed by atoms with van der Waals surface area (Å²) in [6.07, 6.45) is 2.19. The average Bonchev–Trinajstić information content (AvgIpc) is 3.15. The number of para-hydroxylation sites is 2. The molecule has 0 spiro atoms. The second-order valence-electron chi connectivity index (χ2n) is 9.34. The fraction of sp³-hybridized carbons (Fsp3) is 0.321. The number of aromatic nitrogens is 2. The van der Waals surface area contributed by atoms with Crippen LogP contribution in [0.3, 0.4) is 0 Å². The minimum atomic E-state index is 0. The Hall–Kier alpha value is -3.03. The summed E-state index contributed by atoms with van der Waals surface area (Å²) in [4.78, 5) is 0. The number of ether oxygens (including phenoxy) is 3. The summed E-state index contributed by atoms with van der Waals surface area (Å²) in [5.74, 6) is 1.93. The van der Waals surface area contributed by atoms with Crippen LogP contribution in [0, 0.1) is 0 Å². The molecule has 0 aliphatic rings. The van der Waals surface area contributed by atoms with Gasteiger partial charge in [0.25, 0.3) is 0 Å². The highest BCUT2D eigenvalue weighted by Crippen LogP contribution is 2.38. The normalized spacial score (nSPS) is 10.9. The lowest BCUT2D eigenvalue weighted by molar-refractivity contribution is -0.663. The zero-order chi connectivity index (χ0) is 23.6. The summed E-state index contributed by atoms with van der Waals surface area (Å²) in [5, 5.41) is 0. The minimum Gasteiger partial charge on any atom is -1.00 e. The van der Waals surface area contributed by atoms with E-state index in [-0.39, 0.29) is 27.9 Å². The van der Waals surface area contributed by atoms with Crippen molar-refractivity contribution >= 4 is 11.0 Å². The van der Waals surface area contributed by atoms with Gasteiger partial charge in [0.1, 0.15) is 13.1 Å². The highest BCUT2D eigenvalue weighted by molar-refractivity contribution is 5.71. The van der Waals surface area contributed by atoms with Gasteiger partial charge in [0.2, 0.25) is 12.1 Å². The smallest absolute Gasteiger partial charge is 0.245 e. The van der Waals surface area contributed by atoms with Crippen molar-refractivity contribution < 1.29 is 41.2 Å². The Morgan fingerprint density at radius 3 is 1.94 bits per heavy atom. The van der Waals surface area contributed by atoms with Gasteiger partial charge in [-0.25, -0.2) is 9.13 Å². The van der Waals surface area contributed by atoms with Crippen LogP contribution in [0.2, 0.25) is 0 Å². The van der Waals surface area contributed by atoms with Crippen molar-refractivity contribution in [3.63, 3.8) is 0 Å². The largest absolute Gasteiger partial charge is 1.00 e. The molecule has 3 aromatic carbocycles. The van der Waals surface area contributed by atoms with Gasteiger partial charge in [-0.1, -0.05) is 57.2 Å². The second kappa shape index (κ2) is 11.6. The molecule has 0 bridgehead atoms. The van der Waals surface area contributed by atoms with Crippen LogP contribution in [0.15, 0.2) is 67.0 Å². The van der Waals surface area contributed by atoms with E-state index in [9.17, 15) is 0 Å². The standard InChI is InChI=1S/C28H33N2O3.BrH.H2O/c1-28(2,3)22-13-11-20(12-14-22)17-29-19-30(24-10-8-7-9-23(24)29)18-21-15-25(31-4)27(33-6)26(16-21)32-5;;/h7-16,19H,17-18H2,1-6H3;1H;1H2/q+1;;/p-1. The SMILES string of the molecule is COc1cc(C[n+]2cn(Cc3ccc(C(C)(C)C)cc3)c3ccccc32)cc(OC)c1OC.O.[Br-]. The molecule has 4 rings (SSSR count). The Kier molecular flexibility index (Phi) is 9.35. The number of fused-ring (bicyclic) bond motifs is 1. The molecular weight excluding hydrogens is 508 g/mol. The molecule has 0 saturated carbocycles. The third-order valence-corrected chi connectivity index (χ3v) is 6.03. The Labute approximate surface area is 218 Å². The number of benzene rings is 3. The molecule has 0 amide bonds. The minimum absolute atomic E-state index is 0. The first-order valence-corrected chi connectivity index (χ1v) is 11.2. The van der Waals surface area contributed by atoms with Crippen LogP contribution in [-0.4, -0.2) is 31.4 Å². The van der Waals surface area contributed by atoms with E-state index in [0.717, 1.165) is 12.1 Å². The van der Waals surface area contributed by atoms with E-state index in [4.69, 9.17) is 14.2 Å². The van der Waals surface area contributed by atoms with Crippen molar-refractivity contribution in [3.8, 4) is 17.2 Å². The molecular formula is C28H35BrN2O4. The Bertz CT molecular complexity index is 1240. The Morgan fingerprint density at radius 2 is 1.40 bits per heavy atom. The van der Waals surface area contributed by atoms with E-state index < -0.39 is 0 Å². The monoisotopic (exact) mass is 542 g/mol. The van der Waals surface area contributed by atoms with Gasteiger partial charge in [-0.15, -0.1) is 0 Å². The molecule has 188 valence electrons. The number of hydrogen-bond donors (Lipinski definition) is 0. The molecule has 0 unspecified atom stereocenters. The fourth-order valence-corrected chi connectivity index (χ4v) is 4.22. The molecule has 0 atom stereocenters. The average molecular weight is 544 g/mol. The third kappa shape index (κ3) is 5.97. The number of nitrogens with zero attached hydrogens (tertiary/aromatic N) is 2. The van der Waals surface area contributed by atoms with Crippen LogP contribution < -0.4 is 35.8 Å². The predicted molar refractivity (Wildman–Crippen MR) is 135 cm³/mol. The van der Waals surface area contributed by atoms with E-state index in [2.05, 4.69) is 84.8 Å². The first kappa shape index (κ1) is 28.2. The van der Waals surface area contributed by atoms with Crippen LogP contribution in [0.25, 0.3) is 11.0 Å². The molecule has 4 aromatic rings. The second-order valence-corrected chi connectivity index (χ2v) is 9.34. The number of halogens is 1. The lowest BCUT2D eigenvalue weighted by Crippen LogP contribution is -3.00. The van der Waals surface area contributed by atoms with Gasteiger partial charge >= 0.3 is 0 Å². The number of hydrogen-bond acceptors (Lipinski definition) is 3. The van der Waals surface area contributed by atoms with E-state index in [1.807, 2.05) is 12.1 Å². The van der Waals surface area contributed by atoms with E-state index in [1.54, 1.807) is 21.3 Å². The molecule has 1 heterocycles. The molecule has 0 fully saturated rings. The summed E-state index contributed by atoms with van der Waals surface area (Å²) in [5.41, 5.74) is 6.24. The quantitative estimate of drug-likeness (QED) is 0.332. The lowest BCUT2D eigenvalue weighted by atomic mass is 9.87. The molecule has 7 heteroatoms. The van der Waals surface area contributed by atoms with Gasteiger partial charge in [-0.05, 0) is 40.8 Å². The molecule has 0 radical (unpaired) electrons. The Morgan fingerprint density at radius 1 is 0.800 bits per heavy atom. The maximum Gasteiger partial charge on any atom is 0.245 e. The van der Waals surface area contributed by atoms with Gasteiger partial charge in [0.05, 0.1) is 21.3 Å². The molecule has 0 saturated heterocycles. The van der Waals surface area contributed by atoms with Crippen LogP contribution in [0.4, 0.5) is 0 Å². The molecule has 1 aromatic heterocycles. The van der Waals surface area contributed by atoms with E-state index in [1.165, 1.54) is 22.2 Å².